The topological polar surface area (TPSA) is 70.8 Å². The molecule has 3 rings (SSSR count). The number of ether oxygens (including phenoxy) is 1. The van der Waals surface area contributed by atoms with Crippen LogP contribution in [0.1, 0.15) is 23.1 Å². The molecular weight excluding hydrogens is 294 g/mol. The Morgan fingerprint density at radius 3 is 2.83 bits per heavy atom. The van der Waals surface area contributed by atoms with Gasteiger partial charge in [0.15, 0.2) is 0 Å². The fourth-order valence-electron chi connectivity index (χ4n) is 2.75. The van der Waals surface area contributed by atoms with Gasteiger partial charge in [0.1, 0.15) is 6.10 Å². The lowest BCUT2D eigenvalue weighted by Gasteiger charge is -2.27. The number of fused-ring (bicyclic) bond motifs is 1. The van der Waals surface area contributed by atoms with E-state index >= 15 is 0 Å². The number of benzene rings is 1. The van der Waals surface area contributed by atoms with Crippen LogP contribution in [0.3, 0.4) is 0 Å². The minimum atomic E-state index is -0.893. The summed E-state index contributed by atoms with van der Waals surface area (Å²) < 4.78 is 7.65. The second kappa shape index (κ2) is 7.70. The Morgan fingerprint density at radius 2 is 2.04 bits per heavy atom. The number of aromatic nitrogens is 2. The minimum Gasteiger partial charge on any atom is -0.393 e. The van der Waals surface area contributed by atoms with E-state index in [9.17, 15) is 5.11 Å². The number of aliphatic hydroxyl groups is 2. The summed E-state index contributed by atoms with van der Waals surface area (Å²) in [5.41, 5.74) is 2.80. The summed E-state index contributed by atoms with van der Waals surface area (Å²) in [6.45, 7) is 4.40. The van der Waals surface area contributed by atoms with Crippen molar-refractivity contribution < 1.29 is 14.9 Å². The van der Waals surface area contributed by atoms with Gasteiger partial charge in [-0.05, 0) is 11.6 Å². The highest BCUT2D eigenvalue weighted by atomic mass is 16.5. The smallest absolute Gasteiger partial charge is 0.121 e. The molecule has 0 amide bonds. The molecule has 0 spiro atoms. The maximum Gasteiger partial charge on any atom is 0.121 e. The van der Waals surface area contributed by atoms with Crippen LogP contribution in [-0.4, -0.2) is 51.2 Å². The van der Waals surface area contributed by atoms with E-state index in [0.717, 1.165) is 31.9 Å². The summed E-state index contributed by atoms with van der Waals surface area (Å²) in [6.07, 6.45) is -0.893. The molecule has 1 aromatic carbocycles. The molecule has 1 aliphatic heterocycles. The molecule has 2 heterocycles. The molecule has 0 unspecified atom stereocenters. The van der Waals surface area contributed by atoms with Crippen LogP contribution in [0.25, 0.3) is 0 Å². The van der Waals surface area contributed by atoms with Crippen molar-refractivity contribution in [2.24, 2.45) is 0 Å². The Labute approximate surface area is 135 Å². The zero-order chi connectivity index (χ0) is 16.1. The minimum absolute atomic E-state index is 0.298. The van der Waals surface area contributed by atoms with E-state index in [4.69, 9.17) is 9.84 Å². The first kappa shape index (κ1) is 16.1. The molecule has 0 radical (unpaired) electrons. The Bertz CT molecular complexity index is 615. The van der Waals surface area contributed by atoms with E-state index in [1.54, 1.807) is 0 Å². The third-order valence-corrected chi connectivity index (χ3v) is 4.07. The lowest BCUT2D eigenvalue weighted by Crippen LogP contribution is -2.36. The summed E-state index contributed by atoms with van der Waals surface area (Å²) in [6, 6.07) is 12.0. The van der Waals surface area contributed by atoms with Crippen LogP contribution in [0, 0.1) is 0 Å². The molecule has 0 bridgehead atoms. The van der Waals surface area contributed by atoms with Crippen LogP contribution in [0.2, 0.25) is 0 Å². The number of hydrogen-bond donors (Lipinski definition) is 2. The first-order valence-corrected chi connectivity index (χ1v) is 7.96. The van der Waals surface area contributed by atoms with Crippen molar-refractivity contribution in [3.05, 3.63) is 53.3 Å². The van der Waals surface area contributed by atoms with Gasteiger partial charge >= 0.3 is 0 Å². The van der Waals surface area contributed by atoms with E-state index in [2.05, 4.69) is 22.1 Å². The monoisotopic (exact) mass is 317 g/mol. The summed E-state index contributed by atoms with van der Waals surface area (Å²) in [5.74, 6) is 0. The molecule has 2 aromatic rings. The molecule has 2 N–H and O–H groups in total. The van der Waals surface area contributed by atoms with Gasteiger partial charge in [-0.25, -0.2) is 0 Å². The van der Waals surface area contributed by atoms with E-state index in [1.165, 1.54) is 5.56 Å². The molecule has 124 valence electrons. The maximum atomic E-state index is 9.67. The molecular formula is C17H23N3O3. The Balaban J connectivity index is 1.45. The van der Waals surface area contributed by atoms with Crippen molar-refractivity contribution in [2.45, 2.75) is 25.8 Å². The number of rotatable bonds is 7. The van der Waals surface area contributed by atoms with Gasteiger partial charge in [0.2, 0.25) is 0 Å². The van der Waals surface area contributed by atoms with Crippen LogP contribution < -0.4 is 0 Å². The molecule has 1 aliphatic rings. The van der Waals surface area contributed by atoms with Gasteiger partial charge in [-0.3, -0.25) is 9.58 Å². The van der Waals surface area contributed by atoms with Crippen LogP contribution in [0.15, 0.2) is 36.4 Å². The average Bonchev–Trinajstić information content (AvgIpc) is 3.02. The predicted octanol–water partition coefficient (Wildman–Crippen LogP) is 0.941. The number of aliphatic hydroxyl groups excluding tert-OH is 2. The summed E-state index contributed by atoms with van der Waals surface area (Å²) in [4.78, 5) is 2.32. The molecule has 23 heavy (non-hydrogen) atoms. The molecule has 1 atom stereocenters. The highest BCUT2D eigenvalue weighted by Gasteiger charge is 2.20. The van der Waals surface area contributed by atoms with Crippen molar-refractivity contribution in [1.29, 1.82) is 0 Å². The Hall–Kier alpha value is -1.73. The molecule has 6 heteroatoms. The van der Waals surface area contributed by atoms with Gasteiger partial charge < -0.3 is 14.9 Å². The van der Waals surface area contributed by atoms with Crippen LogP contribution >= 0.6 is 0 Å². The average molecular weight is 317 g/mol. The zero-order valence-electron chi connectivity index (χ0n) is 13.1. The number of nitrogens with zero attached hydrogens (tertiary/aromatic N) is 3. The lowest BCUT2D eigenvalue weighted by molar-refractivity contribution is 0.0822. The summed E-state index contributed by atoms with van der Waals surface area (Å²) >= 11 is 0. The van der Waals surface area contributed by atoms with Crippen molar-refractivity contribution in [3.8, 4) is 0 Å². The molecule has 1 aromatic heterocycles. The van der Waals surface area contributed by atoms with Crippen LogP contribution in [0.5, 0.6) is 0 Å². The third-order valence-electron chi connectivity index (χ3n) is 4.07. The fourth-order valence-corrected chi connectivity index (χ4v) is 2.75. The van der Waals surface area contributed by atoms with E-state index in [1.807, 2.05) is 28.9 Å². The molecule has 0 saturated carbocycles. The summed E-state index contributed by atoms with van der Waals surface area (Å²) in [5, 5.41) is 23.0. The lowest BCUT2D eigenvalue weighted by atomic mass is 10.2. The SMILES string of the molecule is OC[C@@H](O)c1cc2n(n1)CCN(CCOCc1ccccc1)C2. The normalized spacial score (nSPS) is 16.3. The molecule has 0 saturated heterocycles. The van der Waals surface area contributed by atoms with Gasteiger partial charge in [0.05, 0.1) is 37.8 Å². The second-order valence-corrected chi connectivity index (χ2v) is 5.80. The van der Waals surface area contributed by atoms with Crippen LogP contribution in [-0.2, 0) is 24.4 Å². The Kier molecular flexibility index (Phi) is 5.40. The van der Waals surface area contributed by atoms with E-state index < -0.39 is 6.10 Å². The van der Waals surface area contributed by atoms with E-state index in [-0.39, 0.29) is 6.61 Å². The van der Waals surface area contributed by atoms with Gasteiger partial charge in [-0.15, -0.1) is 0 Å². The zero-order valence-corrected chi connectivity index (χ0v) is 13.1. The standard InChI is InChI=1S/C17H23N3O3/c21-12-17(22)16-10-15-11-19(6-7-20(15)18-16)8-9-23-13-14-4-2-1-3-5-14/h1-5,10,17,21-22H,6-9,11-13H2/t17-/m1/s1. The Morgan fingerprint density at radius 1 is 1.22 bits per heavy atom. The van der Waals surface area contributed by atoms with Gasteiger partial charge in [0.25, 0.3) is 0 Å². The molecule has 0 fully saturated rings. The van der Waals surface area contributed by atoms with Gasteiger partial charge in [-0.2, -0.15) is 5.10 Å². The first-order chi connectivity index (χ1) is 11.3. The highest BCUT2D eigenvalue weighted by Crippen LogP contribution is 2.17. The van der Waals surface area contributed by atoms with Crippen molar-refractivity contribution >= 4 is 0 Å². The first-order valence-electron chi connectivity index (χ1n) is 7.96. The van der Waals surface area contributed by atoms with Crippen molar-refractivity contribution in [2.75, 3.05) is 26.3 Å². The highest BCUT2D eigenvalue weighted by molar-refractivity contribution is 5.14. The van der Waals surface area contributed by atoms with Crippen molar-refractivity contribution in [3.63, 3.8) is 0 Å². The van der Waals surface area contributed by atoms with Gasteiger partial charge in [-0.1, -0.05) is 30.3 Å². The largest absolute Gasteiger partial charge is 0.393 e. The number of hydrogen-bond acceptors (Lipinski definition) is 5. The van der Waals surface area contributed by atoms with E-state index in [0.29, 0.717) is 18.9 Å². The fraction of sp³-hybridized carbons (Fsp3) is 0.471. The molecule has 0 aliphatic carbocycles. The second-order valence-electron chi connectivity index (χ2n) is 5.80. The quantitative estimate of drug-likeness (QED) is 0.744. The maximum absolute atomic E-state index is 9.67. The van der Waals surface area contributed by atoms with Crippen LogP contribution in [0.4, 0.5) is 0 Å². The van der Waals surface area contributed by atoms with Gasteiger partial charge in [0, 0.05) is 19.6 Å². The van der Waals surface area contributed by atoms with Crippen molar-refractivity contribution in [1.82, 2.24) is 14.7 Å². The third kappa shape index (κ3) is 4.17. The summed E-state index contributed by atoms with van der Waals surface area (Å²) in [7, 11) is 0. The predicted molar refractivity (Wildman–Crippen MR) is 85.6 cm³/mol. The molecule has 6 nitrogen and oxygen atoms in total.